The van der Waals surface area contributed by atoms with Crippen molar-refractivity contribution in [1.82, 2.24) is 0 Å². The fraction of sp³-hybridized carbons (Fsp3) is 0.471. The van der Waals surface area contributed by atoms with Gasteiger partial charge in [-0.05, 0) is 5.54 Å². The van der Waals surface area contributed by atoms with Crippen LogP contribution in [-0.4, -0.2) is 41.1 Å². The maximum Gasteiger partial charge on any atom is 0.463 e. The van der Waals surface area contributed by atoms with Crippen molar-refractivity contribution >= 4 is 6.21 Å². The minimum absolute atomic E-state index is 0.153. The van der Waals surface area contributed by atoms with Crippen LogP contribution in [0.4, 0.5) is 52.7 Å². The number of hydrogen-bond acceptors (Lipinski definition) is 0. The molecule has 1 unspecified atom stereocenters. The van der Waals surface area contributed by atoms with Gasteiger partial charge in [-0.2, -0.15) is 52.7 Å². The molecule has 0 aromatic heterocycles. The highest BCUT2D eigenvalue weighted by Gasteiger charge is 2.81. The number of rotatable bonds is 2. The highest BCUT2D eigenvalue weighted by atomic mass is 19.4. The van der Waals surface area contributed by atoms with Gasteiger partial charge in [-0.25, -0.2) is 0 Å². The Morgan fingerprint density at radius 1 is 0.839 bits per heavy atom. The Hall–Kier alpha value is -2.41. The Labute approximate surface area is 166 Å². The molecule has 1 fully saturated rings. The van der Waals surface area contributed by atoms with E-state index in [0.717, 1.165) is 19.1 Å². The van der Waals surface area contributed by atoms with E-state index in [2.05, 4.69) is 5.43 Å². The lowest BCUT2D eigenvalue weighted by Crippen LogP contribution is -2.61. The number of benzene rings is 1. The Balaban J connectivity index is 2.80. The molecule has 174 valence electrons. The van der Waals surface area contributed by atoms with E-state index in [-0.39, 0.29) is 5.56 Å². The predicted molar refractivity (Wildman–Crippen MR) is 83.1 cm³/mol. The molecule has 0 saturated carbocycles. The molecular weight excluding hydrogens is 460 g/mol. The van der Waals surface area contributed by atoms with E-state index in [4.69, 9.17) is 0 Å². The average molecular weight is 472 g/mol. The van der Waals surface area contributed by atoms with E-state index < -0.39 is 64.8 Å². The molecule has 0 bridgehead atoms. The van der Waals surface area contributed by atoms with Gasteiger partial charge in [0.1, 0.15) is 5.57 Å². The molecule has 2 nitrogen and oxygen atoms in total. The van der Waals surface area contributed by atoms with E-state index in [0.29, 0.717) is 0 Å². The van der Waals surface area contributed by atoms with Gasteiger partial charge in [0.2, 0.25) is 0 Å². The van der Waals surface area contributed by atoms with Gasteiger partial charge in [0.15, 0.2) is 6.21 Å². The van der Waals surface area contributed by atoms with Gasteiger partial charge >= 0.3 is 30.2 Å². The first-order valence-corrected chi connectivity index (χ1v) is 8.16. The smallest absolute Gasteiger partial charge is 0.428 e. The zero-order chi connectivity index (χ0) is 24.1. The van der Waals surface area contributed by atoms with Crippen molar-refractivity contribution < 1.29 is 57.4 Å². The summed E-state index contributed by atoms with van der Waals surface area (Å²) in [5.74, 6) is 0. The third-order valence-corrected chi connectivity index (χ3v) is 4.65. The standard InChI is InChI=1S/C17H12F12N2/c1-12(10-5-3-2-4-6-10)9-13(16(24,25)26,17(27,28)29)31(30-12)8-7-11(14(18,19)20)15(21,22)23/h2-8H,9H2,1H3/b31-8-. The van der Waals surface area contributed by atoms with Crippen molar-refractivity contribution in [3.8, 4) is 0 Å². The SMILES string of the molecule is CC1(c2ccccc2)CC(C(F)(F)F)(C(F)(F)F)/[N+](=C/C=C(C(F)(F)F)C(F)(F)F)[N-]1. The summed E-state index contributed by atoms with van der Waals surface area (Å²) >= 11 is 0. The lowest BCUT2D eigenvalue weighted by molar-refractivity contribution is -0.632. The third kappa shape index (κ3) is 4.47. The van der Waals surface area contributed by atoms with Crippen molar-refractivity contribution in [1.29, 1.82) is 0 Å². The van der Waals surface area contributed by atoms with E-state index in [1.807, 2.05) is 0 Å². The molecule has 31 heavy (non-hydrogen) atoms. The van der Waals surface area contributed by atoms with Crippen LogP contribution in [0.15, 0.2) is 42.0 Å². The second-order valence-electron chi connectivity index (χ2n) is 6.84. The van der Waals surface area contributed by atoms with Crippen LogP contribution in [0.5, 0.6) is 0 Å². The minimum Gasteiger partial charge on any atom is -0.428 e. The molecule has 0 amide bonds. The first kappa shape index (κ1) is 24.9. The van der Waals surface area contributed by atoms with Crippen LogP contribution in [0, 0.1) is 0 Å². The molecule has 1 aliphatic rings. The van der Waals surface area contributed by atoms with Crippen LogP contribution in [-0.2, 0) is 5.54 Å². The van der Waals surface area contributed by atoms with Crippen molar-refractivity contribution in [2.24, 2.45) is 0 Å². The van der Waals surface area contributed by atoms with Crippen LogP contribution < -0.4 is 0 Å². The molecule has 1 aromatic rings. The number of allylic oxidation sites excluding steroid dienone is 2. The molecule has 0 N–H and O–H groups in total. The van der Waals surface area contributed by atoms with Crippen LogP contribution in [0.3, 0.4) is 0 Å². The highest BCUT2D eigenvalue weighted by Crippen LogP contribution is 2.59. The van der Waals surface area contributed by atoms with Gasteiger partial charge < -0.3 is 5.43 Å². The second-order valence-corrected chi connectivity index (χ2v) is 6.84. The molecule has 1 atom stereocenters. The predicted octanol–water partition coefficient (Wildman–Crippen LogP) is 6.59. The molecule has 2 rings (SSSR count). The van der Waals surface area contributed by atoms with Gasteiger partial charge in [-0.1, -0.05) is 42.8 Å². The topological polar surface area (TPSA) is 17.1 Å². The molecule has 14 heteroatoms. The first-order valence-electron chi connectivity index (χ1n) is 8.16. The molecule has 1 heterocycles. The summed E-state index contributed by atoms with van der Waals surface area (Å²) in [6.07, 6.45) is -27.8. The van der Waals surface area contributed by atoms with Crippen LogP contribution in [0.1, 0.15) is 18.9 Å². The van der Waals surface area contributed by atoms with E-state index in [9.17, 15) is 52.7 Å². The molecule has 1 aromatic carbocycles. The molecule has 1 aliphatic heterocycles. The van der Waals surface area contributed by atoms with Gasteiger partial charge in [-0.15, -0.1) is 0 Å². The van der Waals surface area contributed by atoms with Crippen LogP contribution in [0.25, 0.3) is 5.43 Å². The largest absolute Gasteiger partial charge is 0.463 e. The number of nitrogens with zero attached hydrogens (tertiary/aromatic N) is 2. The molecule has 0 radical (unpaired) electrons. The van der Waals surface area contributed by atoms with Crippen molar-refractivity contribution in [2.75, 3.05) is 0 Å². The number of alkyl halides is 12. The Kier molecular flexibility index (Phi) is 5.88. The summed E-state index contributed by atoms with van der Waals surface area (Å²) < 4.78 is 157. The normalized spacial score (nSPS) is 23.6. The van der Waals surface area contributed by atoms with Gasteiger partial charge in [0.25, 0.3) is 0 Å². The zero-order valence-corrected chi connectivity index (χ0v) is 15.2. The molecule has 0 aliphatic carbocycles. The fourth-order valence-corrected chi connectivity index (χ4v) is 3.17. The monoisotopic (exact) mass is 472 g/mol. The Bertz CT molecular complexity index is 828. The summed E-state index contributed by atoms with van der Waals surface area (Å²) in [5, 5.41) is 0. The maximum atomic E-state index is 13.7. The van der Waals surface area contributed by atoms with Gasteiger partial charge in [-0.3, -0.25) is 4.68 Å². The highest BCUT2D eigenvalue weighted by molar-refractivity contribution is 5.69. The van der Waals surface area contributed by atoms with Crippen molar-refractivity contribution in [2.45, 2.75) is 49.1 Å². The van der Waals surface area contributed by atoms with Gasteiger partial charge in [0.05, 0.1) is 0 Å². The number of halogens is 12. The maximum absolute atomic E-state index is 13.7. The van der Waals surface area contributed by atoms with E-state index in [1.165, 1.54) is 18.2 Å². The summed E-state index contributed by atoms with van der Waals surface area (Å²) in [4.78, 5) is 0. The summed E-state index contributed by atoms with van der Waals surface area (Å²) in [6.45, 7) is 0.862. The average Bonchev–Trinajstić information content (AvgIpc) is 2.88. The Morgan fingerprint density at radius 2 is 1.29 bits per heavy atom. The molecule has 0 spiro atoms. The van der Waals surface area contributed by atoms with Crippen LogP contribution >= 0.6 is 0 Å². The summed E-state index contributed by atoms with van der Waals surface area (Å²) in [7, 11) is 0. The lowest BCUT2D eigenvalue weighted by atomic mass is 9.81. The second kappa shape index (κ2) is 7.33. The first-order chi connectivity index (χ1) is 13.8. The van der Waals surface area contributed by atoms with Gasteiger partial charge in [0, 0.05) is 12.5 Å². The van der Waals surface area contributed by atoms with Crippen molar-refractivity contribution in [3.63, 3.8) is 0 Å². The molecular formula is C17H12F12N2. The minimum atomic E-state index is -6.15. The quantitative estimate of drug-likeness (QED) is 0.341. The third-order valence-electron chi connectivity index (χ3n) is 4.65. The summed E-state index contributed by atoms with van der Waals surface area (Å²) in [5.41, 5.74) is -7.29. The zero-order valence-electron chi connectivity index (χ0n) is 15.2. The van der Waals surface area contributed by atoms with Crippen molar-refractivity contribution in [3.05, 3.63) is 53.0 Å². The fourth-order valence-electron chi connectivity index (χ4n) is 3.17. The van der Waals surface area contributed by atoms with Crippen LogP contribution in [0.2, 0.25) is 0 Å². The lowest BCUT2D eigenvalue weighted by Gasteiger charge is -2.31. The summed E-state index contributed by atoms with van der Waals surface area (Å²) in [6, 6.07) is 6.22. The number of hydrogen-bond donors (Lipinski definition) is 0. The van der Waals surface area contributed by atoms with E-state index in [1.54, 1.807) is 0 Å². The molecule has 1 saturated heterocycles. The Morgan fingerprint density at radius 3 is 1.68 bits per heavy atom. The van der Waals surface area contributed by atoms with E-state index >= 15 is 0 Å².